The van der Waals surface area contributed by atoms with Crippen molar-refractivity contribution in [3.63, 3.8) is 0 Å². The van der Waals surface area contributed by atoms with Crippen LogP contribution in [-0.4, -0.2) is 54.9 Å². The third kappa shape index (κ3) is 4.35. The standard InChI is InChI=1S/C16H18ClF2N5O2/c1-25-12(11-3-2-10(18)8-20-11)9-21-14-13(19)15(23-16(17)22-14)24-4-6-26-7-5-24/h2-3,8,12H,4-7,9H2,1H3,(H,21,22,23). The van der Waals surface area contributed by atoms with Gasteiger partial charge < -0.3 is 19.7 Å². The number of ether oxygens (including phenoxy) is 2. The summed E-state index contributed by atoms with van der Waals surface area (Å²) >= 11 is 5.95. The van der Waals surface area contributed by atoms with Gasteiger partial charge >= 0.3 is 0 Å². The highest BCUT2D eigenvalue weighted by molar-refractivity contribution is 6.28. The molecule has 1 aliphatic heterocycles. The average molecular weight is 386 g/mol. The Labute approximate surface area is 154 Å². The van der Waals surface area contributed by atoms with Crippen LogP contribution in [0.15, 0.2) is 18.3 Å². The number of hydrogen-bond acceptors (Lipinski definition) is 7. The molecule has 26 heavy (non-hydrogen) atoms. The number of morpholine rings is 1. The maximum Gasteiger partial charge on any atom is 0.226 e. The zero-order chi connectivity index (χ0) is 18.5. The summed E-state index contributed by atoms with van der Waals surface area (Å²) in [5.41, 5.74) is 0.510. The minimum atomic E-state index is -0.599. The fourth-order valence-electron chi connectivity index (χ4n) is 2.59. The van der Waals surface area contributed by atoms with Crippen molar-refractivity contribution in [1.82, 2.24) is 15.0 Å². The molecule has 1 saturated heterocycles. The Morgan fingerprint density at radius 2 is 2.08 bits per heavy atom. The second-order valence-electron chi connectivity index (χ2n) is 5.58. The Bertz CT molecular complexity index is 744. The van der Waals surface area contributed by atoms with E-state index >= 15 is 0 Å². The van der Waals surface area contributed by atoms with Crippen LogP contribution >= 0.6 is 11.6 Å². The van der Waals surface area contributed by atoms with Gasteiger partial charge in [0.05, 0.1) is 25.1 Å². The number of hydrogen-bond donors (Lipinski definition) is 1. The third-order valence-electron chi connectivity index (χ3n) is 3.94. The molecule has 1 aliphatic rings. The second-order valence-corrected chi connectivity index (χ2v) is 5.92. The van der Waals surface area contributed by atoms with Gasteiger partial charge in [-0.1, -0.05) is 0 Å². The zero-order valence-electron chi connectivity index (χ0n) is 14.1. The lowest BCUT2D eigenvalue weighted by Crippen LogP contribution is -2.37. The lowest BCUT2D eigenvalue weighted by Gasteiger charge is -2.28. The van der Waals surface area contributed by atoms with Crippen LogP contribution < -0.4 is 10.2 Å². The molecular weight excluding hydrogens is 368 g/mol. The molecular formula is C16H18ClF2N5O2. The number of aromatic nitrogens is 3. The second kappa shape index (κ2) is 8.52. The maximum absolute atomic E-state index is 14.8. The van der Waals surface area contributed by atoms with E-state index in [0.29, 0.717) is 32.0 Å². The number of halogens is 3. The first-order valence-electron chi connectivity index (χ1n) is 8.02. The van der Waals surface area contributed by atoms with E-state index < -0.39 is 17.7 Å². The molecule has 0 aliphatic carbocycles. The van der Waals surface area contributed by atoms with Gasteiger partial charge in [-0.05, 0) is 23.7 Å². The van der Waals surface area contributed by atoms with Gasteiger partial charge in [0, 0.05) is 26.7 Å². The van der Waals surface area contributed by atoms with E-state index in [9.17, 15) is 8.78 Å². The zero-order valence-corrected chi connectivity index (χ0v) is 14.8. The number of nitrogens with zero attached hydrogens (tertiary/aromatic N) is 4. The third-order valence-corrected chi connectivity index (χ3v) is 4.11. The Morgan fingerprint density at radius 3 is 2.73 bits per heavy atom. The first kappa shape index (κ1) is 18.7. The summed E-state index contributed by atoms with van der Waals surface area (Å²) in [7, 11) is 1.49. The number of rotatable bonds is 6. The van der Waals surface area contributed by atoms with Gasteiger partial charge in [0.2, 0.25) is 11.1 Å². The van der Waals surface area contributed by atoms with Gasteiger partial charge in [0.1, 0.15) is 11.9 Å². The van der Waals surface area contributed by atoms with Crippen LogP contribution in [-0.2, 0) is 9.47 Å². The average Bonchev–Trinajstić information content (AvgIpc) is 2.66. The first-order chi connectivity index (χ1) is 12.6. The Hall–Kier alpha value is -2.10. The molecule has 0 bridgehead atoms. The molecule has 1 unspecified atom stereocenters. The van der Waals surface area contributed by atoms with Crippen molar-refractivity contribution in [1.29, 1.82) is 0 Å². The molecule has 0 radical (unpaired) electrons. The van der Waals surface area contributed by atoms with Crippen LogP contribution in [0, 0.1) is 11.6 Å². The van der Waals surface area contributed by atoms with Crippen LogP contribution in [0.2, 0.25) is 5.28 Å². The minimum Gasteiger partial charge on any atom is -0.378 e. The van der Waals surface area contributed by atoms with Crippen LogP contribution in [0.25, 0.3) is 0 Å². The molecule has 1 fully saturated rings. The summed E-state index contributed by atoms with van der Waals surface area (Å²) in [4.78, 5) is 13.6. The van der Waals surface area contributed by atoms with Gasteiger partial charge in [0.25, 0.3) is 0 Å². The summed E-state index contributed by atoms with van der Waals surface area (Å²) in [6.45, 7) is 2.19. The van der Waals surface area contributed by atoms with Crippen molar-refractivity contribution in [2.24, 2.45) is 0 Å². The summed E-state index contributed by atoms with van der Waals surface area (Å²) in [5.74, 6) is -0.945. The van der Waals surface area contributed by atoms with Crippen molar-refractivity contribution in [2.45, 2.75) is 6.10 Å². The van der Waals surface area contributed by atoms with E-state index in [-0.39, 0.29) is 23.5 Å². The highest BCUT2D eigenvalue weighted by Crippen LogP contribution is 2.26. The largest absolute Gasteiger partial charge is 0.378 e. The van der Waals surface area contributed by atoms with Crippen LogP contribution in [0.1, 0.15) is 11.8 Å². The van der Waals surface area contributed by atoms with E-state index in [1.807, 2.05) is 0 Å². The highest BCUT2D eigenvalue weighted by Gasteiger charge is 2.22. The molecule has 3 rings (SSSR count). The molecule has 140 valence electrons. The van der Waals surface area contributed by atoms with E-state index in [1.165, 1.54) is 19.2 Å². The number of anilines is 2. The Kier molecular flexibility index (Phi) is 6.12. The quantitative estimate of drug-likeness (QED) is 0.765. The number of pyridine rings is 1. The SMILES string of the molecule is COC(CNc1nc(Cl)nc(N2CCOCC2)c1F)c1ccc(F)cn1. The predicted octanol–water partition coefficient (Wildman–Crippen LogP) is 2.44. The smallest absolute Gasteiger partial charge is 0.226 e. The molecule has 2 aromatic heterocycles. The van der Waals surface area contributed by atoms with Crippen LogP contribution in [0.3, 0.4) is 0 Å². The number of methoxy groups -OCH3 is 1. The Balaban J connectivity index is 1.76. The Morgan fingerprint density at radius 1 is 1.31 bits per heavy atom. The van der Waals surface area contributed by atoms with Crippen molar-refractivity contribution in [3.05, 3.63) is 40.9 Å². The number of nitrogens with one attached hydrogen (secondary N) is 1. The van der Waals surface area contributed by atoms with Gasteiger partial charge in [-0.3, -0.25) is 4.98 Å². The molecule has 0 aromatic carbocycles. The van der Waals surface area contributed by atoms with Gasteiger partial charge in [-0.15, -0.1) is 0 Å². The molecule has 7 nitrogen and oxygen atoms in total. The van der Waals surface area contributed by atoms with E-state index in [0.717, 1.165) is 6.20 Å². The minimum absolute atomic E-state index is 0.0318. The van der Waals surface area contributed by atoms with Gasteiger partial charge in [-0.25, -0.2) is 4.39 Å². The van der Waals surface area contributed by atoms with E-state index in [1.54, 1.807) is 4.90 Å². The van der Waals surface area contributed by atoms with Crippen molar-refractivity contribution < 1.29 is 18.3 Å². The topological polar surface area (TPSA) is 72.4 Å². The molecule has 0 saturated carbocycles. The predicted molar refractivity (Wildman–Crippen MR) is 92.5 cm³/mol. The highest BCUT2D eigenvalue weighted by atomic mass is 35.5. The van der Waals surface area contributed by atoms with Crippen molar-refractivity contribution in [2.75, 3.05) is 50.2 Å². The van der Waals surface area contributed by atoms with Crippen molar-refractivity contribution >= 4 is 23.2 Å². The summed E-state index contributed by atoms with van der Waals surface area (Å²) in [6.07, 6.45) is 0.579. The lowest BCUT2D eigenvalue weighted by molar-refractivity contribution is 0.110. The summed E-state index contributed by atoms with van der Waals surface area (Å²) < 4.78 is 38.4. The lowest BCUT2D eigenvalue weighted by atomic mass is 10.2. The monoisotopic (exact) mass is 385 g/mol. The van der Waals surface area contributed by atoms with Gasteiger partial charge in [-0.2, -0.15) is 14.4 Å². The molecule has 1 atom stereocenters. The maximum atomic E-state index is 14.8. The summed E-state index contributed by atoms with van der Waals surface area (Å²) in [6, 6.07) is 2.79. The fraction of sp³-hybridized carbons (Fsp3) is 0.438. The van der Waals surface area contributed by atoms with E-state index in [4.69, 9.17) is 21.1 Å². The molecule has 0 spiro atoms. The van der Waals surface area contributed by atoms with Crippen LogP contribution in [0.5, 0.6) is 0 Å². The van der Waals surface area contributed by atoms with Crippen molar-refractivity contribution in [3.8, 4) is 0 Å². The molecule has 3 heterocycles. The summed E-state index contributed by atoms with van der Waals surface area (Å²) in [5, 5.41) is 2.80. The van der Waals surface area contributed by atoms with Gasteiger partial charge in [0.15, 0.2) is 11.6 Å². The first-order valence-corrected chi connectivity index (χ1v) is 8.40. The molecule has 1 N–H and O–H groups in total. The molecule has 10 heteroatoms. The fourth-order valence-corrected chi connectivity index (χ4v) is 2.75. The molecule has 0 amide bonds. The van der Waals surface area contributed by atoms with Crippen LogP contribution in [0.4, 0.5) is 20.4 Å². The van der Waals surface area contributed by atoms with E-state index in [2.05, 4.69) is 20.3 Å². The normalized spacial score (nSPS) is 15.8. The molecule has 2 aromatic rings.